The molecule has 0 unspecified atom stereocenters. The summed E-state index contributed by atoms with van der Waals surface area (Å²) in [6.45, 7) is 2.09. The SMILES string of the molecule is COCCn1cc(NCCCCSC)ccc1=O. The van der Waals surface area contributed by atoms with Crippen LogP contribution in [-0.2, 0) is 11.3 Å². The Morgan fingerprint density at radius 3 is 2.94 bits per heavy atom. The Morgan fingerprint density at radius 2 is 2.22 bits per heavy atom. The lowest BCUT2D eigenvalue weighted by atomic mass is 10.3. The van der Waals surface area contributed by atoms with Crippen LogP contribution in [0.5, 0.6) is 0 Å². The number of thioether (sulfide) groups is 1. The van der Waals surface area contributed by atoms with Crippen molar-refractivity contribution in [3.8, 4) is 0 Å². The molecule has 0 aliphatic heterocycles. The predicted molar refractivity (Wildman–Crippen MR) is 78.7 cm³/mol. The van der Waals surface area contributed by atoms with Crippen LogP contribution in [0.15, 0.2) is 23.1 Å². The van der Waals surface area contributed by atoms with Gasteiger partial charge in [0.1, 0.15) is 0 Å². The summed E-state index contributed by atoms with van der Waals surface area (Å²) in [5, 5.41) is 3.34. The van der Waals surface area contributed by atoms with Crippen molar-refractivity contribution in [3.05, 3.63) is 28.7 Å². The van der Waals surface area contributed by atoms with Gasteiger partial charge in [0.05, 0.1) is 12.3 Å². The summed E-state index contributed by atoms with van der Waals surface area (Å²) in [6, 6.07) is 3.43. The third-order valence-electron chi connectivity index (χ3n) is 2.62. The van der Waals surface area contributed by atoms with Crippen molar-refractivity contribution >= 4 is 17.4 Å². The molecule has 0 aliphatic rings. The van der Waals surface area contributed by atoms with Gasteiger partial charge < -0.3 is 14.6 Å². The second-order valence-electron chi connectivity index (χ2n) is 4.07. The molecule has 0 saturated heterocycles. The molecule has 0 aromatic carbocycles. The maximum Gasteiger partial charge on any atom is 0.250 e. The summed E-state index contributed by atoms with van der Waals surface area (Å²) in [4.78, 5) is 11.6. The number of ether oxygens (including phenoxy) is 1. The Kier molecular flexibility index (Phi) is 7.60. The molecule has 0 aliphatic carbocycles. The zero-order valence-corrected chi connectivity index (χ0v) is 12.0. The maximum atomic E-state index is 11.6. The van der Waals surface area contributed by atoms with E-state index in [-0.39, 0.29) is 5.56 Å². The van der Waals surface area contributed by atoms with Gasteiger partial charge in [-0.25, -0.2) is 0 Å². The quantitative estimate of drug-likeness (QED) is 0.698. The minimum atomic E-state index is 0.0139. The van der Waals surface area contributed by atoms with Gasteiger partial charge in [-0.3, -0.25) is 4.79 Å². The molecular weight excluding hydrogens is 248 g/mol. The molecule has 18 heavy (non-hydrogen) atoms. The number of anilines is 1. The van der Waals surface area contributed by atoms with Crippen molar-refractivity contribution in [2.24, 2.45) is 0 Å². The second kappa shape index (κ2) is 9.05. The highest BCUT2D eigenvalue weighted by atomic mass is 32.2. The molecule has 0 bridgehead atoms. The van der Waals surface area contributed by atoms with E-state index in [0.717, 1.165) is 18.7 Å². The molecule has 0 atom stereocenters. The first-order valence-corrected chi connectivity index (χ1v) is 7.59. The normalized spacial score (nSPS) is 10.6. The molecule has 0 amide bonds. The number of pyridine rings is 1. The summed E-state index contributed by atoms with van der Waals surface area (Å²) >= 11 is 1.87. The van der Waals surface area contributed by atoms with E-state index in [1.54, 1.807) is 17.7 Å². The van der Waals surface area contributed by atoms with Crippen molar-refractivity contribution in [1.29, 1.82) is 0 Å². The van der Waals surface area contributed by atoms with Gasteiger partial charge in [0.25, 0.3) is 5.56 Å². The van der Waals surface area contributed by atoms with Crippen molar-refractivity contribution in [2.75, 3.05) is 37.6 Å². The first kappa shape index (κ1) is 15.1. The second-order valence-corrected chi connectivity index (χ2v) is 5.05. The first-order chi connectivity index (χ1) is 8.77. The van der Waals surface area contributed by atoms with Gasteiger partial charge in [-0.05, 0) is 30.9 Å². The number of nitrogens with one attached hydrogen (secondary N) is 1. The van der Waals surface area contributed by atoms with E-state index in [1.165, 1.54) is 12.2 Å². The van der Waals surface area contributed by atoms with E-state index in [0.29, 0.717) is 13.2 Å². The molecule has 102 valence electrons. The van der Waals surface area contributed by atoms with Crippen molar-refractivity contribution in [3.63, 3.8) is 0 Å². The summed E-state index contributed by atoms with van der Waals surface area (Å²) in [7, 11) is 1.64. The maximum absolute atomic E-state index is 11.6. The number of unbranched alkanes of at least 4 members (excludes halogenated alkanes) is 1. The topological polar surface area (TPSA) is 43.3 Å². The lowest BCUT2D eigenvalue weighted by Crippen LogP contribution is -2.21. The number of methoxy groups -OCH3 is 1. The number of hydrogen-bond acceptors (Lipinski definition) is 4. The average Bonchev–Trinajstić information content (AvgIpc) is 2.39. The van der Waals surface area contributed by atoms with Crippen LogP contribution in [-0.4, -0.2) is 36.8 Å². The Bertz CT molecular complexity index is 393. The van der Waals surface area contributed by atoms with E-state index < -0.39 is 0 Å². The number of hydrogen-bond donors (Lipinski definition) is 1. The fourth-order valence-corrected chi connectivity index (χ4v) is 2.10. The smallest absolute Gasteiger partial charge is 0.250 e. The Morgan fingerprint density at radius 1 is 1.39 bits per heavy atom. The highest BCUT2D eigenvalue weighted by molar-refractivity contribution is 7.98. The largest absolute Gasteiger partial charge is 0.384 e. The molecule has 0 radical (unpaired) electrons. The van der Waals surface area contributed by atoms with Crippen molar-refractivity contribution in [1.82, 2.24) is 4.57 Å². The number of rotatable bonds is 9. The van der Waals surface area contributed by atoms with E-state index >= 15 is 0 Å². The van der Waals surface area contributed by atoms with Crippen molar-refractivity contribution < 1.29 is 4.74 Å². The lowest BCUT2D eigenvalue weighted by molar-refractivity contribution is 0.186. The van der Waals surface area contributed by atoms with Gasteiger partial charge in [-0.15, -0.1) is 0 Å². The molecule has 1 aromatic rings. The standard InChI is InChI=1S/C13H22N2O2S/c1-17-9-8-15-11-12(5-6-13(15)16)14-7-3-4-10-18-2/h5-6,11,14H,3-4,7-10H2,1-2H3. The van der Waals surface area contributed by atoms with Crippen molar-refractivity contribution in [2.45, 2.75) is 19.4 Å². The van der Waals surface area contributed by atoms with Crippen LogP contribution in [0.2, 0.25) is 0 Å². The van der Waals surface area contributed by atoms with Gasteiger partial charge in [0.2, 0.25) is 0 Å². The molecule has 1 N–H and O–H groups in total. The summed E-state index contributed by atoms with van der Waals surface area (Å²) in [6.07, 6.45) is 6.35. The van der Waals surface area contributed by atoms with Gasteiger partial charge in [0.15, 0.2) is 0 Å². The summed E-state index contributed by atoms with van der Waals surface area (Å²) in [5.41, 5.74) is 1.01. The van der Waals surface area contributed by atoms with Gasteiger partial charge in [-0.2, -0.15) is 11.8 Å². The molecule has 5 heteroatoms. The Balaban J connectivity index is 2.43. The summed E-state index contributed by atoms with van der Waals surface area (Å²) < 4.78 is 6.66. The molecule has 4 nitrogen and oxygen atoms in total. The molecule has 1 rings (SSSR count). The monoisotopic (exact) mass is 270 g/mol. The predicted octanol–water partition coefficient (Wildman–Crippen LogP) is 2.05. The highest BCUT2D eigenvalue weighted by Crippen LogP contribution is 2.05. The van der Waals surface area contributed by atoms with Crippen LogP contribution in [0.25, 0.3) is 0 Å². The van der Waals surface area contributed by atoms with E-state index in [2.05, 4.69) is 11.6 Å². The van der Waals surface area contributed by atoms with Gasteiger partial charge in [-0.1, -0.05) is 0 Å². The van der Waals surface area contributed by atoms with Crippen LogP contribution >= 0.6 is 11.8 Å². The molecule has 0 spiro atoms. The first-order valence-electron chi connectivity index (χ1n) is 6.20. The van der Waals surface area contributed by atoms with Crippen LogP contribution in [0.1, 0.15) is 12.8 Å². The molecule has 1 aromatic heterocycles. The van der Waals surface area contributed by atoms with Crippen LogP contribution in [0, 0.1) is 0 Å². The average molecular weight is 270 g/mol. The van der Waals surface area contributed by atoms with Gasteiger partial charge >= 0.3 is 0 Å². The third-order valence-corrected chi connectivity index (χ3v) is 3.32. The zero-order valence-electron chi connectivity index (χ0n) is 11.1. The minimum absolute atomic E-state index is 0.0139. The molecule has 0 saturated carbocycles. The molecule has 0 fully saturated rings. The Labute approximate surface area is 113 Å². The molecular formula is C13H22N2O2S. The zero-order chi connectivity index (χ0) is 13.2. The molecule has 1 heterocycles. The minimum Gasteiger partial charge on any atom is -0.384 e. The van der Waals surface area contributed by atoms with E-state index in [1.807, 2.05) is 24.0 Å². The van der Waals surface area contributed by atoms with Gasteiger partial charge in [0, 0.05) is 32.5 Å². The fourth-order valence-electron chi connectivity index (χ4n) is 1.60. The highest BCUT2D eigenvalue weighted by Gasteiger charge is 1.98. The Hall–Kier alpha value is -0.940. The number of nitrogens with zero attached hydrogens (tertiary/aromatic N) is 1. The lowest BCUT2D eigenvalue weighted by Gasteiger charge is -2.09. The van der Waals surface area contributed by atoms with Crippen LogP contribution in [0.3, 0.4) is 0 Å². The van der Waals surface area contributed by atoms with E-state index in [9.17, 15) is 4.79 Å². The summed E-state index contributed by atoms with van der Waals surface area (Å²) in [5.74, 6) is 1.20. The fraction of sp³-hybridized carbons (Fsp3) is 0.615. The van der Waals surface area contributed by atoms with Crippen LogP contribution in [0.4, 0.5) is 5.69 Å². The number of aromatic nitrogens is 1. The van der Waals surface area contributed by atoms with Crippen LogP contribution < -0.4 is 10.9 Å². The van der Waals surface area contributed by atoms with E-state index in [4.69, 9.17) is 4.74 Å². The third kappa shape index (κ3) is 5.60.